The molecule has 1 aromatic rings. The van der Waals surface area contributed by atoms with E-state index >= 15 is 0 Å². The van der Waals surface area contributed by atoms with Crippen molar-refractivity contribution in [1.82, 2.24) is 15.1 Å². The Balaban J connectivity index is 2.43. The van der Waals surface area contributed by atoms with Crippen molar-refractivity contribution in [2.75, 3.05) is 20.3 Å². The van der Waals surface area contributed by atoms with Crippen LogP contribution in [0.25, 0.3) is 0 Å². The number of ether oxygens (including phenoxy) is 1. The van der Waals surface area contributed by atoms with Gasteiger partial charge in [-0.05, 0) is 0 Å². The van der Waals surface area contributed by atoms with E-state index in [1.165, 1.54) is 17.1 Å². The molecule has 7 nitrogen and oxygen atoms in total. The molecule has 0 saturated carbocycles. The number of hydrogen-bond acceptors (Lipinski definition) is 4. The van der Waals surface area contributed by atoms with Crippen LogP contribution in [-0.4, -0.2) is 47.0 Å². The first-order chi connectivity index (χ1) is 8.13. The first-order valence-electron chi connectivity index (χ1n) is 5.15. The van der Waals surface area contributed by atoms with Crippen molar-refractivity contribution in [2.24, 2.45) is 0 Å². The van der Waals surface area contributed by atoms with E-state index in [4.69, 9.17) is 9.84 Å². The number of amides is 1. The number of carboxylic acid groups (broad SMARTS) is 1. The Morgan fingerprint density at radius 2 is 2.35 bits per heavy atom. The molecule has 17 heavy (non-hydrogen) atoms. The molecule has 2 N–H and O–H groups in total. The fraction of sp³-hybridized carbons (Fsp3) is 0.500. The quantitative estimate of drug-likeness (QED) is 0.641. The number of aryl methyl sites for hydroxylation is 1. The molecule has 0 fully saturated rings. The number of aromatic nitrogens is 2. The fourth-order valence-corrected chi connectivity index (χ4v) is 1.18. The van der Waals surface area contributed by atoms with Crippen LogP contribution in [0.3, 0.4) is 0 Å². The zero-order chi connectivity index (χ0) is 12.7. The van der Waals surface area contributed by atoms with Gasteiger partial charge >= 0.3 is 5.97 Å². The van der Waals surface area contributed by atoms with Crippen LogP contribution in [0.15, 0.2) is 12.4 Å². The van der Waals surface area contributed by atoms with Crippen molar-refractivity contribution in [3.63, 3.8) is 0 Å². The lowest BCUT2D eigenvalue weighted by atomic mass is 10.3. The lowest BCUT2D eigenvalue weighted by Gasteiger charge is -2.01. The van der Waals surface area contributed by atoms with E-state index in [-0.39, 0.29) is 18.9 Å². The zero-order valence-corrected chi connectivity index (χ0v) is 9.55. The van der Waals surface area contributed by atoms with Gasteiger partial charge in [0.15, 0.2) is 0 Å². The highest BCUT2D eigenvalue weighted by Crippen LogP contribution is 1.98. The van der Waals surface area contributed by atoms with Crippen LogP contribution in [0.5, 0.6) is 0 Å². The number of nitrogens with one attached hydrogen (secondary N) is 1. The van der Waals surface area contributed by atoms with Crippen molar-refractivity contribution >= 4 is 11.9 Å². The third kappa shape index (κ3) is 4.64. The molecule has 7 heteroatoms. The Hall–Kier alpha value is -1.89. The predicted molar refractivity (Wildman–Crippen MR) is 58.7 cm³/mol. The van der Waals surface area contributed by atoms with Gasteiger partial charge < -0.3 is 15.2 Å². The molecule has 0 saturated heterocycles. The number of rotatable bonds is 7. The van der Waals surface area contributed by atoms with Gasteiger partial charge in [-0.2, -0.15) is 5.10 Å². The maximum Gasteiger partial charge on any atom is 0.305 e. The van der Waals surface area contributed by atoms with Gasteiger partial charge in [-0.1, -0.05) is 0 Å². The highest BCUT2D eigenvalue weighted by Gasteiger charge is 2.08. The van der Waals surface area contributed by atoms with E-state index in [2.05, 4.69) is 10.4 Å². The summed E-state index contributed by atoms with van der Waals surface area (Å²) in [6.07, 6.45) is 2.90. The van der Waals surface area contributed by atoms with Gasteiger partial charge in [0, 0.05) is 19.9 Å². The summed E-state index contributed by atoms with van der Waals surface area (Å²) in [4.78, 5) is 21.9. The van der Waals surface area contributed by atoms with Crippen molar-refractivity contribution in [1.29, 1.82) is 0 Å². The van der Waals surface area contributed by atoms with Gasteiger partial charge in [0.25, 0.3) is 5.91 Å². The van der Waals surface area contributed by atoms with E-state index < -0.39 is 5.97 Å². The van der Waals surface area contributed by atoms with Gasteiger partial charge in [-0.3, -0.25) is 14.3 Å². The van der Waals surface area contributed by atoms with Crippen molar-refractivity contribution < 1.29 is 19.4 Å². The number of methoxy groups -OCH3 is 1. The van der Waals surface area contributed by atoms with Crippen LogP contribution in [-0.2, 0) is 16.1 Å². The Morgan fingerprint density at radius 3 is 3.00 bits per heavy atom. The predicted octanol–water partition coefficient (Wildman–Crippen LogP) is -0.266. The minimum Gasteiger partial charge on any atom is -0.481 e. The topological polar surface area (TPSA) is 93.5 Å². The second-order valence-corrected chi connectivity index (χ2v) is 3.38. The van der Waals surface area contributed by atoms with Crippen molar-refractivity contribution in [2.45, 2.75) is 13.0 Å². The highest BCUT2D eigenvalue weighted by atomic mass is 16.5. The molecule has 0 bridgehead atoms. The van der Waals surface area contributed by atoms with E-state index in [1.807, 2.05) is 0 Å². The SMILES string of the molecule is COCCNC(=O)c1cnn(CCC(=O)O)c1. The minimum atomic E-state index is -0.897. The second-order valence-electron chi connectivity index (χ2n) is 3.38. The van der Waals surface area contributed by atoms with Crippen molar-refractivity contribution in [3.05, 3.63) is 18.0 Å². The van der Waals surface area contributed by atoms with E-state index in [9.17, 15) is 9.59 Å². The van der Waals surface area contributed by atoms with Crippen LogP contribution >= 0.6 is 0 Å². The monoisotopic (exact) mass is 241 g/mol. The summed E-state index contributed by atoms with van der Waals surface area (Å²) in [5.41, 5.74) is 0.409. The van der Waals surface area contributed by atoms with Crippen LogP contribution in [0.2, 0.25) is 0 Å². The van der Waals surface area contributed by atoms with Gasteiger partial charge in [-0.25, -0.2) is 0 Å². The number of hydrogen-bond donors (Lipinski definition) is 2. The molecule has 0 spiro atoms. The average Bonchev–Trinajstić information content (AvgIpc) is 2.75. The van der Waals surface area contributed by atoms with E-state index in [0.717, 1.165) is 0 Å². The molecular weight excluding hydrogens is 226 g/mol. The lowest BCUT2D eigenvalue weighted by Crippen LogP contribution is -2.26. The van der Waals surface area contributed by atoms with Crippen LogP contribution < -0.4 is 5.32 Å². The van der Waals surface area contributed by atoms with E-state index in [0.29, 0.717) is 18.7 Å². The van der Waals surface area contributed by atoms with E-state index in [1.54, 1.807) is 7.11 Å². The normalized spacial score (nSPS) is 10.2. The molecule has 0 atom stereocenters. The first kappa shape index (κ1) is 13.2. The minimum absolute atomic E-state index is 0.0214. The molecule has 1 amide bonds. The standard InChI is InChI=1S/C10H15N3O4/c1-17-5-3-11-10(16)8-6-12-13(7-8)4-2-9(14)15/h6-7H,2-5H2,1H3,(H,11,16)(H,14,15). The third-order valence-corrected chi connectivity index (χ3v) is 2.04. The maximum absolute atomic E-state index is 11.5. The molecule has 0 aliphatic heterocycles. The molecule has 0 unspecified atom stereocenters. The lowest BCUT2D eigenvalue weighted by molar-refractivity contribution is -0.137. The molecule has 0 radical (unpaired) electrons. The van der Waals surface area contributed by atoms with Crippen molar-refractivity contribution in [3.8, 4) is 0 Å². The Bertz CT molecular complexity index is 389. The molecule has 94 valence electrons. The Morgan fingerprint density at radius 1 is 1.59 bits per heavy atom. The molecule has 1 aromatic heterocycles. The van der Waals surface area contributed by atoms with Gasteiger partial charge in [0.2, 0.25) is 0 Å². The summed E-state index contributed by atoms with van der Waals surface area (Å²) >= 11 is 0. The van der Waals surface area contributed by atoms with Crippen LogP contribution in [0, 0.1) is 0 Å². The maximum atomic E-state index is 11.5. The molecule has 0 aliphatic carbocycles. The molecule has 1 rings (SSSR count). The summed E-state index contributed by atoms with van der Waals surface area (Å²) in [7, 11) is 1.55. The largest absolute Gasteiger partial charge is 0.481 e. The average molecular weight is 241 g/mol. The fourth-order valence-electron chi connectivity index (χ4n) is 1.18. The smallest absolute Gasteiger partial charge is 0.305 e. The summed E-state index contributed by atoms with van der Waals surface area (Å²) < 4.78 is 6.23. The molecule has 0 aromatic carbocycles. The van der Waals surface area contributed by atoms with Crippen LogP contribution in [0.1, 0.15) is 16.8 Å². The number of aliphatic carboxylic acids is 1. The number of nitrogens with zero attached hydrogens (tertiary/aromatic N) is 2. The zero-order valence-electron chi connectivity index (χ0n) is 9.55. The summed E-state index contributed by atoms with van der Waals surface area (Å²) in [6.45, 7) is 1.12. The highest BCUT2D eigenvalue weighted by molar-refractivity contribution is 5.93. The van der Waals surface area contributed by atoms with Gasteiger partial charge in [0.1, 0.15) is 0 Å². The summed E-state index contributed by atoms with van der Waals surface area (Å²) in [6, 6.07) is 0. The third-order valence-electron chi connectivity index (χ3n) is 2.04. The molecule has 1 heterocycles. The second kappa shape index (κ2) is 6.64. The number of carbonyl (C=O) groups is 2. The Kier molecular flexibility index (Phi) is 5.15. The molecule has 0 aliphatic rings. The summed E-state index contributed by atoms with van der Waals surface area (Å²) in [5.74, 6) is -1.14. The first-order valence-corrected chi connectivity index (χ1v) is 5.15. The summed E-state index contributed by atoms with van der Waals surface area (Å²) in [5, 5.41) is 15.0. The number of carbonyl (C=O) groups excluding carboxylic acids is 1. The van der Waals surface area contributed by atoms with Gasteiger partial charge in [-0.15, -0.1) is 0 Å². The number of carboxylic acids is 1. The Labute approximate surface area is 98.4 Å². The van der Waals surface area contributed by atoms with Gasteiger partial charge in [0.05, 0.1) is 31.3 Å². The van der Waals surface area contributed by atoms with Crippen LogP contribution in [0.4, 0.5) is 0 Å². The molecular formula is C10H15N3O4.